The molecule has 1 rings (SSSR count). The van der Waals surface area contributed by atoms with E-state index in [-0.39, 0.29) is 0 Å². The largest absolute Gasteiger partial charge is 0.0916 e. The summed E-state index contributed by atoms with van der Waals surface area (Å²) in [5.41, 5.74) is 1.26. The molecule has 0 fully saturated rings. The van der Waals surface area contributed by atoms with E-state index in [0.29, 0.717) is 4.83 Å². The molecule has 0 bridgehead atoms. The maximum Gasteiger partial charge on any atom is 0.0283 e. The first-order chi connectivity index (χ1) is 5.33. The van der Waals surface area contributed by atoms with Crippen molar-refractivity contribution in [3.05, 3.63) is 35.9 Å². The molecular formula is C9H9Br2. The zero-order valence-corrected chi connectivity index (χ0v) is 9.23. The van der Waals surface area contributed by atoms with Gasteiger partial charge in [-0.3, -0.25) is 0 Å². The molecule has 1 radical (unpaired) electrons. The third-order valence-electron chi connectivity index (χ3n) is 1.38. The smallest absolute Gasteiger partial charge is 0.0283 e. The summed E-state index contributed by atoms with van der Waals surface area (Å²) in [5.74, 6) is 0. The molecule has 0 aliphatic rings. The molecule has 1 unspecified atom stereocenters. The molecule has 0 amide bonds. The molecule has 0 aliphatic carbocycles. The summed E-state index contributed by atoms with van der Waals surface area (Å²) < 4.78 is 0. The van der Waals surface area contributed by atoms with Gasteiger partial charge >= 0.3 is 0 Å². The third kappa shape index (κ3) is 3.39. The van der Waals surface area contributed by atoms with Crippen molar-refractivity contribution in [1.82, 2.24) is 0 Å². The van der Waals surface area contributed by atoms with E-state index < -0.39 is 0 Å². The number of hydrogen-bond donors (Lipinski definition) is 0. The van der Waals surface area contributed by atoms with Crippen LogP contribution in [0.1, 0.15) is 5.56 Å². The van der Waals surface area contributed by atoms with Crippen molar-refractivity contribution in [2.75, 3.05) is 5.33 Å². The van der Waals surface area contributed by atoms with Crippen molar-refractivity contribution in [3.63, 3.8) is 0 Å². The summed E-state index contributed by atoms with van der Waals surface area (Å²) in [7, 11) is 0. The molecule has 0 aliphatic heterocycles. The Bertz CT molecular complexity index is 196. The summed E-state index contributed by atoms with van der Waals surface area (Å²) >= 11 is 6.96. The van der Waals surface area contributed by atoms with Gasteiger partial charge in [0.25, 0.3) is 0 Å². The van der Waals surface area contributed by atoms with E-state index in [1.807, 2.05) is 18.2 Å². The Morgan fingerprint density at radius 3 is 2.82 bits per heavy atom. The van der Waals surface area contributed by atoms with Crippen LogP contribution < -0.4 is 0 Å². The molecule has 1 aromatic carbocycles. The van der Waals surface area contributed by atoms with Gasteiger partial charge in [-0.2, -0.15) is 0 Å². The highest BCUT2D eigenvalue weighted by Gasteiger charge is 2.01. The van der Waals surface area contributed by atoms with Crippen LogP contribution in [-0.2, 0) is 6.42 Å². The third-order valence-corrected chi connectivity index (χ3v) is 3.68. The predicted octanol–water partition coefficient (Wildman–Crippen LogP) is 3.19. The van der Waals surface area contributed by atoms with Gasteiger partial charge in [0.15, 0.2) is 0 Å². The fraction of sp³-hybridized carbons (Fsp3) is 0.333. The highest BCUT2D eigenvalue weighted by Crippen LogP contribution is 2.10. The van der Waals surface area contributed by atoms with Crippen LogP contribution in [0, 0.1) is 6.07 Å². The summed E-state index contributed by atoms with van der Waals surface area (Å²) in [4.78, 5) is 0.515. The Labute approximate surface area is 84.3 Å². The highest BCUT2D eigenvalue weighted by molar-refractivity contribution is 9.12. The van der Waals surface area contributed by atoms with Crippen LogP contribution >= 0.6 is 31.9 Å². The minimum absolute atomic E-state index is 0.515. The summed E-state index contributed by atoms with van der Waals surface area (Å²) in [6, 6.07) is 11.3. The average Bonchev–Trinajstić information content (AvgIpc) is 2.06. The first-order valence-corrected chi connectivity index (χ1v) is 5.52. The average molecular weight is 277 g/mol. The maximum absolute atomic E-state index is 3.55. The molecule has 59 valence electrons. The van der Waals surface area contributed by atoms with Gasteiger partial charge in [0.05, 0.1) is 0 Å². The van der Waals surface area contributed by atoms with Crippen LogP contribution in [0.3, 0.4) is 0 Å². The zero-order chi connectivity index (χ0) is 8.10. The van der Waals surface area contributed by atoms with E-state index in [9.17, 15) is 0 Å². The molecule has 11 heavy (non-hydrogen) atoms. The topological polar surface area (TPSA) is 0 Å². The zero-order valence-electron chi connectivity index (χ0n) is 6.06. The second-order valence-corrected chi connectivity index (χ2v) is 4.29. The van der Waals surface area contributed by atoms with E-state index in [4.69, 9.17) is 0 Å². The number of hydrogen-bond acceptors (Lipinski definition) is 0. The lowest BCUT2D eigenvalue weighted by atomic mass is 10.1. The lowest BCUT2D eigenvalue weighted by molar-refractivity contribution is 0.975. The van der Waals surface area contributed by atoms with E-state index in [0.717, 1.165) is 11.8 Å². The Balaban J connectivity index is 2.51. The monoisotopic (exact) mass is 275 g/mol. The molecule has 0 nitrogen and oxygen atoms in total. The lowest BCUT2D eigenvalue weighted by Crippen LogP contribution is -2.03. The maximum atomic E-state index is 3.55. The van der Waals surface area contributed by atoms with Crippen molar-refractivity contribution in [2.45, 2.75) is 11.2 Å². The van der Waals surface area contributed by atoms with Crippen LogP contribution in [0.25, 0.3) is 0 Å². The van der Waals surface area contributed by atoms with Crippen LogP contribution in [0.4, 0.5) is 0 Å². The molecule has 2 heteroatoms. The van der Waals surface area contributed by atoms with Crippen LogP contribution in [-0.4, -0.2) is 10.2 Å². The van der Waals surface area contributed by atoms with E-state index in [1.54, 1.807) is 0 Å². The second kappa shape index (κ2) is 4.94. The van der Waals surface area contributed by atoms with Gasteiger partial charge < -0.3 is 0 Å². The van der Waals surface area contributed by atoms with Crippen molar-refractivity contribution >= 4 is 31.9 Å². The standard InChI is InChI=1S/C9H9Br2/c10-7-9(11)6-8-4-2-1-3-5-8/h1-4,9H,6-7H2. The number of benzene rings is 1. The summed E-state index contributed by atoms with van der Waals surface area (Å²) in [6.07, 6.45) is 1.03. The highest BCUT2D eigenvalue weighted by atomic mass is 79.9. The van der Waals surface area contributed by atoms with Crippen LogP contribution in [0.2, 0.25) is 0 Å². The number of alkyl halides is 2. The van der Waals surface area contributed by atoms with Gasteiger partial charge in [-0.05, 0) is 18.1 Å². The van der Waals surface area contributed by atoms with Gasteiger partial charge in [-0.25, -0.2) is 0 Å². The number of halogens is 2. The minimum atomic E-state index is 0.515. The first kappa shape index (κ1) is 9.27. The molecule has 0 saturated heterocycles. The van der Waals surface area contributed by atoms with Gasteiger partial charge in [0, 0.05) is 10.2 Å². The van der Waals surface area contributed by atoms with Crippen molar-refractivity contribution in [2.24, 2.45) is 0 Å². The molecule has 0 saturated carbocycles. The molecule has 0 aromatic heterocycles. The van der Waals surface area contributed by atoms with Gasteiger partial charge in [0.1, 0.15) is 0 Å². The molecule has 0 N–H and O–H groups in total. The van der Waals surface area contributed by atoms with Crippen molar-refractivity contribution in [3.8, 4) is 0 Å². The lowest BCUT2D eigenvalue weighted by Gasteiger charge is -2.03. The molecule has 0 heterocycles. The van der Waals surface area contributed by atoms with E-state index >= 15 is 0 Å². The predicted molar refractivity (Wildman–Crippen MR) is 55.5 cm³/mol. The molecule has 1 aromatic rings. The normalized spacial score (nSPS) is 12.9. The Kier molecular flexibility index (Phi) is 4.16. The molecule has 0 spiro atoms. The first-order valence-electron chi connectivity index (χ1n) is 3.48. The number of rotatable bonds is 3. The summed E-state index contributed by atoms with van der Waals surface area (Å²) in [5, 5.41) is 0.982. The Morgan fingerprint density at radius 2 is 2.27 bits per heavy atom. The van der Waals surface area contributed by atoms with Gasteiger partial charge in [-0.1, -0.05) is 56.1 Å². The van der Waals surface area contributed by atoms with E-state index in [2.05, 4.69) is 44.0 Å². The second-order valence-electron chi connectivity index (χ2n) is 2.34. The van der Waals surface area contributed by atoms with Crippen LogP contribution in [0.15, 0.2) is 24.3 Å². The van der Waals surface area contributed by atoms with Crippen molar-refractivity contribution in [1.29, 1.82) is 0 Å². The van der Waals surface area contributed by atoms with Crippen LogP contribution in [0.5, 0.6) is 0 Å². The molecule has 1 atom stereocenters. The molecular weight excluding hydrogens is 268 g/mol. The Hall–Kier alpha value is 0.180. The SMILES string of the molecule is BrCC(Br)Cc1[c]cccc1. The van der Waals surface area contributed by atoms with E-state index in [1.165, 1.54) is 5.56 Å². The quantitative estimate of drug-likeness (QED) is 0.744. The van der Waals surface area contributed by atoms with Crippen molar-refractivity contribution < 1.29 is 0 Å². The summed E-state index contributed by atoms with van der Waals surface area (Å²) in [6.45, 7) is 0. The minimum Gasteiger partial charge on any atom is -0.0916 e. The fourth-order valence-corrected chi connectivity index (χ4v) is 1.43. The fourth-order valence-electron chi connectivity index (χ4n) is 0.851. The van der Waals surface area contributed by atoms with Gasteiger partial charge in [0.2, 0.25) is 0 Å². The Morgan fingerprint density at radius 1 is 1.45 bits per heavy atom. The van der Waals surface area contributed by atoms with Gasteiger partial charge in [-0.15, -0.1) is 0 Å².